The Labute approximate surface area is 138 Å². The highest BCUT2D eigenvalue weighted by atomic mass is 79.9. The number of carbonyl (C=O) groups excluding carboxylic acids is 1. The fraction of sp³-hybridized carbons (Fsp3) is 0.286. The molecule has 0 aliphatic heterocycles. The first-order valence-electron chi connectivity index (χ1n) is 6.31. The Kier molecular flexibility index (Phi) is 4.73. The van der Waals surface area contributed by atoms with Crippen LogP contribution in [-0.2, 0) is 4.79 Å². The number of aromatic amines is 1. The molecule has 3 N–H and O–H groups in total. The number of aliphatic carboxylic acids is 1. The number of benzene rings is 1. The molecule has 0 spiro atoms. The van der Waals surface area contributed by atoms with E-state index in [1.165, 1.54) is 0 Å². The number of carboxylic acids is 1. The maximum Gasteiger partial charge on any atom is 0.326 e. The van der Waals surface area contributed by atoms with Gasteiger partial charge in [0.2, 0.25) is 0 Å². The highest BCUT2D eigenvalue weighted by Gasteiger charge is 2.25. The van der Waals surface area contributed by atoms with Crippen molar-refractivity contribution in [3.05, 3.63) is 32.8 Å². The molecule has 0 aliphatic carbocycles. The predicted molar refractivity (Wildman–Crippen MR) is 87.4 cm³/mol. The lowest BCUT2D eigenvalue weighted by Crippen LogP contribution is -2.44. The summed E-state index contributed by atoms with van der Waals surface area (Å²) in [6.07, 6.45) is 1.58. The van der Waals surface area contributed by atoms with Gasteiger partial charge >= 0.3 is 5.97 Å². The van der Waals surface area contributed by atoms with E-state index in [-0.39, 0.29) is 5.92 Å². The van der Waals surface area contributed by atoms with E-state index >= 15 is 0 Å². The van der Waals surface area contributed by atoms with Crippen LogP contribution in [0.15, 0.2) is 27.3 Å². The van der Waals surface area contributed by atoms with Gasteiger partial charge in [-0.3, -0.25) is 4.79 Å². The SMILES string of the molecule is CC(C)C(NC(=O)c1c[nH]c2cc(Br)c(Br)cc12)C(=O)O. The van der Waals surface area contributed by atoms with Crippen LogP contribution in [0.1, 0.15) is 24.2 Å². The Bertz CT molecular complexity index is 710. The van der Waals surface area contributed by atoms with E-state index < -0.39 is 17.9 Å². The molecule has 1 amide bonds. The van der Waals surface area contributed by atoms with Crippen LogP contribution in [0.3, 0.4) is 0 Å². The van der Waals surface area contributed by atoms with Gasteiger partial charge in [-0.1, -0.05) is 13.8 Å². The van der Waals surface area contributed by atoms with E-state index in [2.05, 4.69) is 42.2 Å². The minimum Gasteiger partial charge on any atom is -0.480 e. The fourth-order valence-electron chi connectivity index (χ4n) is 2.04. The molecule has 5 nitrogen and oxygen atoms in total. The summed E-state index contributed by atoms with van der Waals surface area (Å²) in [4.78, 5) is 26.5. The van der Waals surface area contributed by atoms with Crippen molar-refractivity contribution in [2.75, 3.05) is 0 Å². The lowest BCUT2D eigenvalue weighted by Gasteiger charge is -2.17. The number of hydrogen-bond donors (Lipinski definition) is 3. The van der Waals surface area contributed by atoms with E-state index in [9.17, 15) is 9.59 Å². The molecule has 0 radical (unpaired) electrons. The number of carbonyl (C=O) groups is 2. The average molecular weight is 418 g/mol. The van der Waals surface area contributed by atoms with Crippen molar-refractivity contribution >= 4 is 54.6 Å². The summed E-state index contributed by atoms with van der Waals surface area (Å²) in [6.45, 7) is 3.50. The van der Waals surface area contributed by atoms with Crippen LogP contribution in [0.25, 0.3) is 10.9 Å². The maximum absolute atomic E-state index is 12.3. The molecule has 0 saturated carbocycles. The first-order valence-corrected chi connectivity index (χ1v) is 7.89. The van der Waals surface area contributed by atoms with Gasteiger partial charge in [0.15, 0.2) is 0 Å². The van der Waals surface area contributed by atoms with Crippen LogP contribution in [0.2, 0.25) is 0 Å². The molecule has 21 heavy (non-hydrogen) atoms. The summed E-state index contributed by atoms with van der Waals surface area (Å²) < 4.78 is 1.69. The Balaban J connectivity index is 2.36. The van der Waals surface area contributed by atoms with Gasteiger partial charge in [-0.15, -0.1) is 0 Å². The monoisotopic (exact) mass is 416 g/mol. The maximum atomic E-state index is 12.3. The average Bonchev–Trinajstić information content (AvgIpc) is 2.78. The van der Waals surface area contributed by atoms with Crippen LogP contribution in [0, 0.1) is 5.92 Å². The van der Waals surface area contributed by atoms with Crippen LogP contribution >= 0.6 is 31.9 Å². The standard InChI is InChI=1S/C14H14Br2N2O3/c1-6(2)12(14(20)21)18-13(19)8-5-17-11-4-10(16)9(15)3-7(8)11/h3-6,12,17H,1-2H3,(H,18,19)(H,20,21). The van der Waals surface area contributed by atoms with E-state index in [0.717, 1.165) is 19.8 Å². The highest BCUT2D eigenvalue weighted by molar-refractivity contribution is 9.13. The van der Waals surface area contributed by atoms with Gasteiger partial charge in [0.1, 0.15) is 6.04 Å². The molecule has 112 valence electrons. The number of rotatable bonds is 4. The van der Waals surface area contributed by atoms with Gasteiger partial charge in [0, 0.05) is 26.0 Å². The van der Waals surface area contributed by atoms with Crippen molar-refractivity contribution < 1.29 is 14.7 Å². The zero-order valence-electron chi connectivity index (χ0n) is 11.4. The first kappa shape index (κ1) is 16.0. The summed E-state index contributed by atoms with van der Waals surface area (Å²) in [5, 5.41) is 12.4. The van der Waals surface area contributed by atoms with E-state index in [0.29, 0.717) is 5.56 Å². The lowest BCUT2D eigenvalue weighted by atomic mass is 10.0. The molecule has 1 aromatic heterocycles. The molecule has 7 heteroatoms. The van der Waals surface area contributed by atoms with Crippen molar-refractivity contribution in [3.63, 3.8) is 0 Å². The number of nitrogens with one attached hydrogen (secondary N) is 2. The zero-order valence-corrected chi connectivity index (χ0v) is 14.6. The van der Waals surface area contributed by atoms with Crippen LogP contribution < -0.4 is 5.32 Å². The molecule has 1 unspecified atom stereocenters. The fourth-order valence-corrected chi connectivity index (χ4v) is 2.72. The molecule has 1 atom stereocenters. The normalized spacial score (nSPS) is 12.6. The number of fused-ring (bicyclic) bond motifs is 1. The molecular formula is C14H14Br2N2O3. The second kappa shape index (κ2) is 6.19. The van der Waals surface area contributed by atoms with Gasteiger partial charge in [-0.05, 0) is 49.9 Å². The van der Waals surface area contributed by atoms with Gasteiger partial charge < -0.3 is 15.4 Å². The summed E-state index contributed by atoms with van der Waals surface area (Å²) in [6, 6.07) is 2.75. The van der Waals surface area contributed by atoms with Crippen molar-refractivity contribution in [2.24, 2.45) is 5.92 Å². The molecule has 0 saturated heterocycles. The Morgan fingerprint density at radius 3 is 2.43 bits per heavy atom. The zero-order chi connectivity index (χ0) is 15.7. The van der Waals surface area contributed by atoms with E-state index in [1.807, 2.05) is 12.1 Å². The summed E-state index contributed by atoms with van der Waals surface area (Å²) in [5.41, 5.74) is 1.22. The van der Waals surface area contributed by atoms with Crippen LogP contribution in [0.4, 0.5) is 0 Å². The number of H-pyrrole nitrogens is 1. The van der Waals surface area contributed by atoms with Crippen molar-refractivity contribution in [1.29, 1.82) is 0 Å². The second-order valence-corrected chi connectivity index (χ2v) is 6.76. The number of aromatic nitrogens is 1. The topological polar surface area (TPSA) is 82.2 Å². The third-order valence-electron chi connectivity index (χ3n) is 3.19. The van der Waals surface area contributed by atoms with E-state index in [1.54, 1.807) is 20.0 Å². The third kappa shape index (κ3) is 3.29. The van der Waals surface area contributed by atoms with E-state index in [4.69, 9.17) is 5.11 Å². The van der Waals surface area contributed by atoms with Gasteiger partial charge in [-0.2, -0.15) is 0 Å². The molecule has 1 heterocycles. The Morgan fingerprint density at radius 1 is 1.24 bits per heavy atom. The van der Waals surface area contributed by atoms with Gasteiger partial charge in [-0.25, -0.2) is 4.79 Å². The van der Waals surface area contributed by atoms with Gasteiger partial charge in [0.05, 0.1) is 5.56 Å². The lowest BCUT2D eigenvalue weighted by molar-refractivity contribution is -0.140. The minimum absolute atomic E-state index is 0.197. The van der Waals surface area contributed by atoms with Gasteiger partial charge in [0.25, 0.3) is 5.91 Å². The number of amides is 1. The Hall–Kier alpha value is -1.34. The predicted octanol–water partition coefficient (Wildman–Crippen LogP) is 3.53. The molecule has 0 aliphatic rings. The summed E-state index contributed by atoms with van der Waals surface area (Å²) in [5.74, 6) is -1.64. The largest absolute Gasteiger partial charge is 0.480 e. The van der Waals surface area contributed by atoms with Crippen LogP contribution in [0.5, 0.6) is 0 Å². The summed E-state index contributed by atoms with van der Waals surface area (Å²) >= 11 is 6.79. The number of halogens is 2. The van der Waals surface area contributed by atoms with Crippen molar-refractivity contribution in [1.82, 2.24) is 10.3 Å². The molecule has 0 bridgehead atoms. The number of carboxylic acid groups (broad SMARTS) is 1. The molecule has 1 aromatic carbocycles. The number of hydrogen-bond acceptors (Lipinski definition) is 2. The van der Waals surface area contributed by atoms with Crippen molar-refractivity contribution in [3.8, 4) is 0 Å². The van der Waals surface area contributed by atoms with Crippen LogP contribution in [-0.4, -0.2) is 28.0 Å². The quantitative estimate of drug-likeness (QED) is 0.711. The third-order valence-corrected chi connectivity index (χ3v) is 5.03. The molecular weight excluding hydrogens is 404 g/mol. The molecule has 2 aromatic rings. The minimum atomic E-state index is -1.04. The first-order chi connectivity index (χ1) is 9.81. The second-order valence-electron chi connectivity index (χ2n) is 5.05. The summed E-state index contributed by atoms with van der Waals surface area (Å²) in [7, 11) is 0. The smallest absolute Gasteiger partial charge is 0.326 e. The van der Waals surface area contributed by atoms with Crippen molar-refractivity contribution in [2.45, 2.75) is 19.9 Å². The Morgan fingerprint density at radius 2 is 1.86 bits per heavy atom. The molecule has 2 rings (SSSR count). The molecule has 0 fully saturated rings. The highest BCUT2D eigenvalue weighted by Crippen LogP contribution is 2.30.